The second-order valence-corrected chi connectivity index (χ2v) is 5.09. The minimum absolute atomic E-state index is 0.0462. The summed E-state index contributed by atoms with van der Waals surface area (Å²) in [5.41, 5.74) is 6.44. The third-order valence-corrected chi connectivity index (χ3v) is 3.86. The molecule has 1 aromatic carbocycles. The predicted molar refractivity (Wildman–Crippen MR) is 76.7 cm³/mol. The van der Waals surface area contributed by atoms with Crippen molar-refractivity contribution in [3.8, 4) is 0 Å². The first-order valence-electron chi connectivity index (χ1n) is 7.03. The summed E-state index contributed by atoms with van der Waals surface area (Å²) >= 11 is 0. The van der Waals surface area contributed by atoms with Crippen LogP contribution in [0.15, 0.2) is 30.3 Å². The van der Waals surface area contributed by atoms with Crippen molar-refractivity contribution in [1.29, 1.82) is 0 Å². The van der Waals surface area contributed by atoms with Gasteiger partial charge < -0.3 is 16.0 Å². The van der Waals surface area contributed by atoms with Crippen LogP contribution in [0.3, 0.4) is 0 Å². The van der Waals surface area contributed by atoms with Gasteiger partial charge in [-0.15, -0.1) is 0 Å². The molecule has 0 spiro atoms. The Balaban J connectivity index is 2.22. The summed E-state index contributed by atoms with van der Waals surface area (Å²) in [5, 5.41) is 3.31. The van der Waals surface area contributed by atoms with E-state index in [-0.39, 0.29) is 5.91 Å². The van der Waals surface area contributed by atoms with Crippen molar-refractivity contribution in [2.24, 2.45) is 5.73 Å². The molecule has 1 aliphatic heterocycles. The van der Waals surface area contributed by atoms with Crippen LogP contribution in [0.5, 0.6) is 0 Å². The van der Waals surface area contributed by atoms with Crippen LogP contribution >= 0.6 is 0 Å². The summed E-state index contributed by atoms with van der Waals surface area (Å²) in [6.07, 6.45) is 1.60. The fourth-order valence-corrected chi connectivity index (χ4v) is 2.55. The monoisotopic (exact) mass is 261 g/mol. The van der Waals surface area contributed by atoms with Gasteiger partial charge in [-0.2, -0.15) is 0 Å². The van der Waals surface area contributed by atoms with Gasteiger partial charge in [0.05, 0.1) is 0 Å². The zero-order valence-corrected chi connectivity index (χ0v) is 11.6. The highest BCUT2D eigenvalue weighted by molar-refractivity contribution is 5.87. The molecule has 2 rings (SSSR count). The summed E-state index contributed by atoms with van der Waals surface area (Å²) in [6.45, 7) is 5.32. The summed E-state index contributed by atoms with van der Waals surface area (Å²) in [4.78, 5) is 14.7. The summed E-state index contributed by atoms with van der Waals surface area (Å²) in [7, 11) is 0. The van der Waals surface area contributed by atoms with E-state index in [1.807, 2.05) is 42.2 Å². The van der Waals surface area contributed by atoms with E-state index in [2.05, 4.69) is 5.32 Å². The molecular formula is C15H23N3O. The van der Waals surface area contributed by atoms with Gasteiger partial charge in [0.1, 0.15) is 5.54 Å². The molecule has 4 heteroatoms. The maximum atomic E-state index is 12.8. The van der Waals surface area contributed by atoms with Crippen LogP contribution in [0, 0.1) is 0 Å². The molecule has 1 atom stereocenters. The third kappa shape index (κ3) is 2.96. The van der Waals surface area contributed by atoms with E-state index < -0.39 is 5.54 Å². The summed E-state index contributed by atoms with van der Waals surface area (Å²) in [5.74, 6) is 0.0462. The van der Waals surface area contributed by atoms with E-state index in [0.29, 0.717) is 6.42 Å². The molecule has 0 bridgehead atoms. The summed E-state index contributed by atoms with van der Waals surface area (Å²) in [6, 6.07) is 9.70. The van der Waals surface area contributed by atoms with E-state index in [1.54, 1.807) is 0 Å². The molecule has 1 unspecified atom stereocenters. The fourth-order valence-electron chi connectivity index (χ4n) is 2.55. The predicted octanol–water partition coefficient (Wildman–Crippen LogP) is 1.07. The molecular weight excluding hydrogens is 238 g/mol. The van der Waals surface area contributed by atoms with Gasteiger partial charge in [0.2, 0.25) is 5.91 Å². The minimum Gasteiger partial charge on any atom is -0.339 e. The molecule has 0 aliphatic carbocycles. The Morgan fingerprint density at radius 3 is 2.74 bits per heavy atom. The standard InChI is InChI=1S/C15H23N3O/c1-2-15(16,13-7-4-3-5-8-13)14(19)18-11-6-9-17-10-12-18/h3-5,7-8,17H,2,6,9-12,16H2,1H3. The minimum atomic E-state index is -0.897. The molecule has 1 saturated heterocycles. The maximum Gasteiger partial charge on any atom is 0.247 e. The van der Waals surface area contributed by atoms with Gasteiger partial charge in [-0.05, 0) is 24.9 Å². The Bertz CT molecular complexity index is 413. The van der Waals surface area contributed by atoms with Crippen LogP contribution in [-0.2, 0) is 10.3 Å². The number of nitrogens with one attached hydrogen (secondary N) is 1. The number of hydrogen-bond donors (Lipinski definition) is 2. The van der Waals surface area contributed by atoms with E-state index in [4.69, 9.17) is 5.73 Å². The smallest absolute Gasteiger partial charge is 0.247 e. The highest BCUT2D eigenvalue weighted by Gasteiger charge is 2.37. The topological polar surface area (TPSA) is 58.4 Å². The average Bonchev–Trinajstić information content (AvgIpc) is 2.75. The molecule has 1 amide bonds. The van der Waals surface area contributed by atoms with E-state index in [1.165, 1.54) is 0 Å². The van der Waals surface area contributed by atoms with Gasteiger partial charge in [-0.25, -0.2) is 0 Å². The molecule has 0 saturated carbocycles. The number of benzene rings is 1. The molecule has 0 radical (unpaired) electrons. The van der Waals surface area contributed by atoms with Crippen molar-refractivity contribution in [2.75, 3.05) is 26.2 Å². The van der Waals surface area contributed by atoms with Gasteiger partial charge in [-0.1, -0.05) is 37.3 Å². The van der Waals surface area contributed by atoms with Gasteiger partial charge in [0.15, 0.2) is 0 Å². The molecule has 0 aromatic heterocycles. The van der Waals surface area contributed by atoms with Gasteiger partial charge in [0.25, 0.3) is 0 Å². The van der Waals surface area contributed by atoms with E-state index in [9.17, 15) is 4.79 Å². The Morgan fingerprint density at radius 1 is 1.32 bits per heavy atom. The van der Waals surface area contributed by atoms with Crippen LogP contribution in [0.4, 0.5) is 0 Å². The molecule has 104 valence electrons. The van der Waals surface area contributed by atoms with E-state index in [0.717, 1.165) is 38.2 Å². The second-order valence-electron chi connectivity index (χ2n) is 5.09. The van der Waals surface area contributed by atoms with Crippen molar-refractivity contribution in [1.82, 2.24) is 10.2 Å². The Morgan fingerprint density at radius 2 is 2.05 bits per heavy atom. The molecule has 1 heterocycles. The second kappa shape index (κ2) is 6.17. The number of nitrogens with two attached hydrogens (primary N) is 1. The zero-order chi connectivity index (χ0) is 13.7. The highest BCUT2D eigenvalue weighted by Crippen LogP contribution is 2.24. The van der Waals surface area contributed by atoms with Crippen LogP contribution in [0.25, 0.3) is 0 Å². The Hall–Kier alpha value is -1.39. The van der Waals surface area contributed by atoms with Gasteiger partial charge in [-0.3, -0.25) is 4.79 Å². The van der Waals surface area contributed by atoms with Crippen LogP contribution in [-0.4, -0.2) is 37.0 Å². The lowest BCUT2D eigenvalue weighted by molar-refractivity contribution is -0.137. The lowest BCUT2D eigenvalue weighted by atomic mass is 9.86. The largest absolute Gasteiger partial charge is 0.339 e. The van der Waals surface area contributed by atoms with Crippen LogP contribution < -0.4 is 11.1 Å². The molecule has 1 fully saturated rings. The normalized spacial score (nSPS) is 19.6. The van der Waals surface area contributed by atoms with E-state index >= 15 is 0 Å². The van der Waals surface area contributed by atoms with Crippen molar-refractivity contribution in [3.05, 3.63) is 35.9 Å². The number of carbonyl (C=O) groups excluding carboxylic acids is 1. The van der Waals surface area contributed by atoms with Crippen molar-refractivity contribution in [3.63, 3.8) is 0 Å². The number of hydrogen-bond acceptors (Lipinski definition) is 3. The molecule has 1 aromatic rings. The first-order chi connectivity index (χ1) is 9.18. The first kappa shape index (κ1) is 14.0. The number of rotatable bonds is 3. The number of amides is 1. The third-order valence-electron chi connectivity index (χ3n) is 3.86. The Kier molecular flexibility index (Phi) is 4.56. The number of nitrogens with zero attached hydrogens (tertiary/aromatic N) is 1. The fraction of sp³-hybridized carbons (Fsp3) is 0.533. The maximum absolute atomic E-state index is 12.8. The van der Waals surface area contributed by atoms with Crippen molar-refractivity contribution in [2.45, 2.75) is 25.3 Å². The van der Waals surface area contributed by atoms with Crippen molar-refractivity contribution < 1.29 is 4.79 Å². The molecule has 3 N–H and O–H groups in total. The van der Waals surface area contributed by atoms with Crippen LogP contribution in [0.2, 0.25) is 0 Å². The quantitative estimate of drug-likeness (QED) is 0.856. The van der Waals surface area contributed by atoms with Gasteiger partial charge in [0, 0.05) is 19.6 Å². The number of carbonyl (C=O) groups is 1. The summed E-state index contributed by atoms with van der Waals surface area (Å²) < 4.78 is 0. The SMILES string of the molecule is CCC(N)(C(=O)N1CCCNCC1)c1ccccc1. The first-order valence-corrected chi connectivity index (χ1v) is 7.03. The van der Waals surface area contributed by atoms with Gasteiger partial charge >= 0.3 is 0 Å². The molecule has 19 heavy (non-hydrogen) atoms. The Labute approximate surface area is 115 Å². The van der Waals surface area contributed by atoms with Crippen LogP contribution in [0.1, 0.15) is 25.3 Å². The molecule has 4 nitrogen and oxygen atoms in total. The highest BCUT2D eigenvalue weighted by atomic mass is 16.2. The lowest BCUT2D eigenvalue weighted by Crippen LogP contribution is -2.53. The van der Waals surface area contributed by atoms with Crippen molar-refractivity contribution >= 4 is 5.91 Å². The zero-order valence-electron chi connectivity index (χ0n) is 11.6. The lowest BCUT2D eigenvalue weighted by Gasteiger charge is -2.33. The molecule has 1 aliphatic rings. The average molecular weight is 261 g/mol.